The largest absolute Gasteiger partial charge is 0.336 e. The molecule has 0 atom stereocenters. The van der Waals surface area contributed by atoms with Crippen LogP contribution in [0.1, 0.15) is 0 Å². The SMILES string of the molecule is O=S(OS(=O)(=O)CS(=O)(=O)O)OS(=O)(=O)CS(=O)(=O)O. The van der Waals surface area contributed by atoms with Gasteiger partial charge in [0, 0.05) is 0 Å². The lowest BCUT2D eigenvalue weighted by Gasteiger charge is -2.03. The second-order valence-electron chi connectivity index (χ2n) is 2.86. The Morgan fingerprint density at radius 1 is 0.700 bits per heavy atom. The lowest BCUT2D eigenvalue weighted by atomic mass is 11.9. The van der Waals surface area contributed by atoms with Crippen LogP contribution in [0.4, 0.5) is 0 Å². The molecule has 0 saturated heterocycles. The van der Waals surface area contributed by atoms with E-state index in [1.54, 1.807) is 0 Å². The minimum Gasteiger partial charge on any atom is -0.285 e. The molecule has 0 aromatic carbocycles. The summed E-state index contributed by atoms with van der Waals surface area (Å²) in [4.78, 5) is 0. The Balaban J connectivity index is 4.91. The Kier molecular flexibility index (Phi) is 6.21. The van der Waals surface area contributed by atoms with Gasteiger partial charge in [0.1, 0.15) is 0 Å². The Bertz CT molecular complexity index is 707. The molecule has 0 heterocycles. The van der Waals surface area contributed by atoms with E-state index < -0.39 is 62.0 Å². The molecule has 0 saturated carbocycles. The van der Waals surface area contributed by atoms with Crippen LogP contribution in [0.25, 0.3) is 0 Å². The van der Waals surface area contributed by atoms with Crippen LogP contribution in [0.3, 0.4) is 0 Å². The first-order valence-corrected chi connectivity index (χ1v) is 11.1. The quantitative estimate of drug-likeness (QED) is 0.389. The van der Waals surface area contributed by atoms with Gasteiger partial charge in [-0.05, 0) is 0 Å². The first-order valence-electron chi connectivity index (χ1n) is 3.69. The molecule has 0 aliphatic heterocycles. The average Bonchev–Trinajstić information content (AvgIpc) is 1.86. The highest BCUT2D eigenvalue weighted by molar-refractivity contribution is 8.09. The zero-order valence-electron chi connectivity index (χ0n) is 8.84. The molecule has 0 aromatic rings. The van der Waals surface area contributed by atoms with Crippen molar-refractivity contribution in [3.05, 3.63) is 0 Å². The van der Waals surface area contributed by atoms with Crippen LogP contribution in [0.15, 0.2) is 0 Å². The molecule has 2 N–H and O–H groups in total. The fourth-order valence-corrected chi connectivity index (χ4v) is 6.17. The highest BCUT2D eigenvalue weighted by Crippen LogP contribution is 2.07. The third-order valence-electron chi connectivity index (χ3n) is 0.905. The summed E-state index contributed by atoms with van der Waals surface area (Å²) in [5.41, 5.74) is 0. The van der Waals surface area contributed by atoms with E-state index in [0.717, 1.165) is 0 Å². The van der Waals surface area contributed by atoms with Gasteiger partial charge in [-0.15, -0.1) is 7.26 Å². The van der Waals surface area contributed by atoms with Gasteiger partial charge < -0.3 is 0 Å². The Morgan fingerprint density at radius 3 is 1.15 bits per heavy atom. The van der Waals surface area contributed by atoms with Crippen molar-refractivity contribution in [1.82, 2.24) is 0 Å². The maximum Gasteiger partial charge on any atom is 0.336 e. The molecule has 0 amide bonds. The minimum absolute atomic E-state index is 2.05. The maximum atomic E-state index is 10.8. The molecule has 0 aliphatic carbocycles. The molecule has 0 aliphatic rings. The predicted octanol–water partition coefficient (Wildman–Crippen LogP) is -3.05. The summed E-state index contributed by atoms with van der Waals surface area (Å²) in [5.74, 6) is 0. The van der Waals surface area contributed by atoms with Crippen LogP contribution in [-0.4, -0.2) is 57.2 Å². The van der Waals surface area contributed by atoms with E-state index in [2.05, 4.69) is 7.26 Å². The van der Waals surface area contributed by atoms with Crippen molar-refractivity contribution in [3.8, 4) is 0 Å². The van der Waals surface area contributed by atoms with Crippen LogP contribution in [-0.2, 0) is 59.1 Å². The van der Waals surface area contributed by atoms with Crippen LogP contribution in [0, 0.1) is 0 Å². The van der Waals surface area contributed by atoms with Gasteiger partial charge in [0.15, 0.2) is 0 Å². The van der Waals surface area contributed by atoms with E-state index in [1.807, 2.05) is 0 Å². The number of hydrogen-bond acceptors (Lipinski definition) is 11. The number of rotatable bonds is 8. The van der Waals surface area contributed by atoms with E-state index in [0.29, 0.717) is 0 Å². The molecular formula is C2H6O13S5. The first kappa shape index (κ1) is 19.8. The van der Waals surface area contributed by atoms with Gasteiger partial charge in [-0.2, -0.15) is 37.9 Å². The van der Waals surface area contributed by atoms with Gasteiger partial charge in [0.2, 0.25) is 10.2 Å². The Morgan fingerprint density at radius 2 is 0.950 bits per heavy atom. The van der Waals surface area contributed by atoms with Crippen molar-refractivity contribution in [1.29, 1.82) is 0 Å². The minimum atomic E-state index is -5.19. The number of hydrogen-bond donors (Lipinski definition) is 2. The van der Waals surface area contributed by atoms with E-state index in [4.69, 9.17) is 9.11 Å². The van der Waals surface area contributed by atoms with Crippen molar-refractivity contribution in [2.75, 3.05) is 10.2 Å². The van der Waals surface area contributed by atoms with Gasteiger partial charge in [0.25, 0.3) is 40.5 Å². The molecule has 0 rings (SSSR count). The monoisotopic (exact) mass is 398 g/mol. The molecule has 0 bridgehead atoms. The van der Waals surface area contributed by atoms with Crippen molar-refractivity contribution in [3.63, 3.8) is 0 Å². The van der Waals surface area contributed by atoms with Crippen molar-refractivity contribution in [2.45, 2.75) is 0 Å². The van der Waals surface area contributed by atoms with E-state index in [9.17, 15) is 37.9 Å². The summed E-state index contributed by atoms with van der Waals surface area (Å²) in [7, 11) is -20.6. The molecule has 20 heavy (non-hydrogen) atoms. The first-order chi connectivity index (χ1) is 8.52. The molecule has 0 aromatic heterocycles. The molecule has 122 valence electrons. The van der Waals surface area contributed by atoms with Crippen LogP contribution >= 0.6 is 0 Å². The predicted molar refractivity (Wildman–Crippen MR) is 61.0 cm³/mol. The van der Waals surface area contributed by atoms with Crippen LogP contribution in [0.5, 0.6) is 0 Å². The van der Waals surface area contributed by atoms with E-state index in [1.165, 1.54) is 0 Å². The summed E-state index contributed by atoms with van der Waals surface area (Å²) in [6.07, 6.45) is 0. The van der Waals surface area contributed by atoms with Gasteiger partial charge in [-0.3, -0.25) is 9.11 Å². The van der Waals surface area contributed by atoms with E-state index >= 15 is 0 Å². The Hall–Kier alpha value is -0.210. The van der Waals surface area contributed by atoms with E-state index in [-0.39, 0.29) is 0 Å². The zero-order chi connectivity index (χ0) is 16.4. The van der Waals surface area contributed by atoms with Crippen molar-refractivity contribution < 1.29 is 54.2 Å². The Labute approximate surface area is 116 Å². The summed E-state index contributed by atoms with van der Waals surface area (Å²) in [5, 5.41) is -4.10. The molecule has 0 fully saturated rings. The molecule has 18 heteroatoms. The third kappa shape index (κ3) is 10.6. The highest BCUT2D eigenvalue weighted by atomic mass is 32.3. The third-order valence-corrected chi connectivity index (χ3v) is 8.14. The molecule has 0 radical (unpaired) electrons. The molecule has 13 nitrogen and oxygen atoms in total. The van der Waals surface area contributed by atoms with Gasteiger partial charge in [0.05, 0.1) is 0 Å². The normalized spacial score (nSPS) is 14.6. The van der Waals surface area contributed by atoms with Gasteiger partial charge in [-0.25, -0.2) is 0 Å². The van der Waals surface area contributed by atoms with Crippen LogP contribution < -0.4 is 0 Å². The summed E-state index contributed by atoms with van der Waals surface area (Å²) >= 11 is -3.66. The molecule has 0 unspecified atom stereocenters. The fourth-order valence-electron chi connectivity index (χ4n) is 0.585. The van der Waals surface area contributed by atoms with Crippen molar-refractivity contribution in [2.24, 2.45) is 0 Å². The fraction of sp³-hybridized carbons (Fsp3) is 1.00. The molecular weight excluding hydrogens is 392 g/mol. The average molecular weight is 398 g/mol. The lowest BCUT2D eigenvalue weighted by molar-refractivity contribution is 0.438. The standard InChI is InChI=1S/C2H6O13S5/c3-16(14-19(10,11)1-17(4,5)6)15-20(12,13)2-18(7,8)9/h1-2H2,(H,4,5,6)(H,7,8,9). The smallest absolute Gasteiger partial charge is 0.285 e. The topological polar surface area (TPSA) is 213 Å². The van der Waals surface area contributed by atoms with Crippen molar-refractivity contribution >= 4 is 51.8 Å². The molecule has 0 spiro atoms. The summed E-state index contributed by atoms with van der Waals surface area (Å²) in [6.45, 7) is 0. The zero-order valence-corrected chi connectivity index (χ0v) is 12.9. The van der Waals surface area contributed by atoms with Gasteiger partial charge >= 0.3 is 11.4 Å². The summed E-state index contributed by atoms with van der Waals surface area (Å²) in [6, 6.07) is 0. The second kappa shape index (κ2) is 6.27. The second-order valence-corrected chi connectivity index (χ2v) is 10.8. The maximum absolute atomic E-state index is 10.8. The van der Waals surface area contributed by atoms with Crippen LogP contribution in [0.2, 0.25) is 0 Å². The highest BCUT2D eigenvalue weighted by Gasteiger charge is 2.29. The summed E-state index contributed by atoms with van der Waals surface area (Å²) < 4.78 is 118. The van der Waals surface area contributed by atoms with Gasteiger partial charge in [-0.1, -0.05) is 0 Å². The lowest BCUT2D eigenvalue weighted by Crippen LogP contribution is -2.23.